The number of methoxy groups -OCH3 is 1. The summed E-state index contributed by atoms with van der Waals surface area (Å²) < 4.78 is 5.43. The van der Waals surface area contributed by atoms with Gasteiger partial charge in [-0.1, -0.05) is 18.2 Å². The van der Waals surface area contributed by atoms with E-state index in [1.807, 2.05) is 29.2 Å². The number of nitrogens with one attached hydrogen (secondary N) is 1. The maximum absolute atomic E-state index is 12.8. The summed E-state index contributed by atoms with van der Waals surface area (Å²) in [5.41, 5.74) is 2.27. The molecule has 6 nitrogen and oxygen atoms in total. The molecule has 1 saturated heterocycles. The van der Waals surface area contributed by atoms with E-state index in [4.69, 9.17) is 4.74 Å². The Balaban J connectivity index is 1.66. The molecule has 1 N–H and O–H groups in total. The maximum Gasteiger partial charge on any atom is 0.254 e. The minimum Gasteiger partial charge on any atom is -0.495 e. The number of nitrogens with zero attached hydrogens (tertiary/aromatic N) is 2. The average Bonchev–Trinajstić information content (AvgIpc) is 2.67. The van der Waals surface area contributed by atoms with E-state index in [0.29, 0.717) is 24.3 Å². The first-order valence-corrected chi connectivity index (χ1v) is 8.63. The van der Waals surface area contributed by atoms with Crippen LogP contribution in [0.4, 0.5) is 11.4 Å². The summed E-state index contributed by atoms with van der Waals surface area (Å²) in [6.45, 7) is 4.23. The number of rotatable bonds is 4. The first-order chi connectivity index (χ1) is 12.6. The second kappa shape index (κ2) is 7.91. The van der Waals surface area contributed by atoms with E-state index in [1.54, 1.807) is 31.4 Å². The van der Waals surface area contributed by atoms with Gasteiger partial charge in [0, 0.05) is 44.4 Å². The Labute approximate surface area is 153 Å². The molecule has 0 aromatic heterocycles. The van der Waals surface area contributed by atoms with Gasteiger partial charge >= 0.3 is 0 Å². The summed E-state index contributed by atoms with van der Waals surface area (Å²) in [6, 6.07) is 15.0. The van der Waals surface area contributed by atoms with Crippen molar-refractivity contribution in [3.05, 3.63) is 54.1 Å². The lowest BCUT2D eigenvalue weighted by atomic mass is 10.1. The van der Waals surface area contributed by atoms with Gasteiger partial charge in [-0.2, -0.15) is 0 Å². The van der Waals surface area contributed by atoms with Crippen LogP contribution in [0.25, 0.3) is 0 Å². The van der Waals surface area contributed by atoms with E-state index in [1.165, 1.54) is 6.92 Å². The molecule has 0 aliphatic carbocycles. The zero-order valence-corrected chi connectivity index (χ0v) is 15.1. The van der Waals surface area contributed by atoms with Crippen LogP contribution >= 0.6 is 0 Å². The highest BCUT2D eigenvalue weighted by Crippen LogP contribution is 2.28. The normalized spacial score (nSPS) is 14.1. The lowest BCUT2D eigenvalue weighted by Gasteiger charge is -2.36. The molecule has 1 heterocycles. The topological polar surface area (TPSA) is 61.9 Å². The third-order valence-corrected chi connectivity index (χ3v) is 4.42. The standard InChI is InChI=1S/C20H23N3O3/c1-15(24)21-17-7-5-6-16(14-17)20(25)23-12-10-22(11-13-23)18-8-3-4-9-19(18)26-2/h3-9,14H,10-13H2,1-2H3,(H,21,24). The molecule has 2 aromatic rings. The van der Waals surface area contributed by atoms with E-state index >= 15 is 0 Å². The summed E-state index contributed by atoms with van der Waals surface area (Å²) in [6.07, 6.45) is 0. The Bertz CT molecular complexity index is 798. The molecular formula is C20H23N3O3. The number of piperazine rings is 1. The van der Waals surface area contributed by atoms with Crippen molar-refractivity contribution in [2.45, 2.75) is 6.92 Å². The highest BCUT2D eigenvalue weighted by Gasteiger charge is 2.23. The molecule has 1 aliphatic heterocycles. The van der Waals surface area contributed by atoms with Crippen LogP contribution in [-0.4, -0.2) is 50.0 Å². The van der Waals surface area contributed by atoms with Crippen LogP contribution in [0.3, 0.4) is 0 Å². The molecule has 1 fully saturated rings. The van der Waals surface area contributed by atoms with Crippen molar-refractivity contribution in [2.24, 2.45) is 0 Å². The molecule has 1 aliphatic rings. The van der Waals surface area contributed by atoms with Crippen LogP contribution in [0.2, 0.25) is 0 Å². The second-order valence-electron chi connectivity index (χ2n) is 6.21. The Kier molecular flexibility index (Phi) is 5.41. The Morgan fingerprint density at radius 1 is 1.00 bits per heavy atom. The second-order valence-corrected chi connectivity index (χ2v) is 6.21. The fourth-order valence-corrected chi connectivity index (χ4v) is 3.16. The smallest absolute Gasteiger partial charge is 0.254 e. The number of amides is 2. The van der Waals surface area contributed by atoms with Crippen molar-refractivity contribution in [3.63, 3.8) is 0 Å². The van der Waals surface area contributed by atoms with Crippen LogP contribution in [0.5, 0.6) is 5.75 Å². The summed E-state index contributed by atoms with van der Waals surface area (Å²) in [5.74, 6) is 0.673. The van der Waals surface area contributed by atoms with Crippen molar-refractivity contribution in [1.82, 2.24) is 4.90 Å². The molecule has 0 saturated carbocycles. The zero-order chi connectivity index (χ0) is 18.5. The maximum atomic E-state index is 12.8. The average molecular weight is 353 g/mol. The van der Waals surface area contributed by atoms with Gasteiger partial charge in [0.2, 0.25) is 5.91 Å². The Morgan fingerprint density at radius 3 is 2.42 bits per heavy atom. The van der Waals surface area contributed by atoms with Gasteiger partial charge in [-0.25, -0.2) is 0 Å². The van der Waals surface area contributed by atoms with E-state index < -0.39 is 0 Å². The van der Waals surface area contributed by atoms with Crippen molar-refractivity contribution in [1.29, 1.82) is 0 Å². The molecular weight excluding hydrogens is 330 g/mol. The fraction of sp³-hybridized carbons (Fsp3) is 0.300. The molecule has 0 spiro atoms. The van der Waals surface area contributed by atoms with E-state index in [0.717, 1.165) is 24.5 Å². The van der Waals surface area contributed by atoms with Gasteiger partial charge < -0.3 is 19.9 Å². The Morgan fingerprint density at radius 2 is 1.73 bits per heavy atom. The molecule has 0 radical (unpaired) electrons. The highest BCUT2D eigenvalue weighted by atomic mass is 16.5. The van der Waals surface area contributed by atoms with E-state index in [-0.39, 0.29) is 11.8 Å². The SMILES string of the molecule is COc1ccccc1N1CCN(C(=O)c2cccc(NC(C)=O)c2)CC1. The van der Waals surface area contributed by atoms with Crippen LogP contribution in [0.15, 0.2) is 48.5 Å². The number of ether oxygens (including phenoxy) is 1. The number of carbonyl (C=O) groups is 2. The minimum absolute atomic E-state index is 0.0168. The predicted octanol–water partition coefficient (Wildman–Crippen LogP) is 2.62. The van der Waals surface area contributed by atoms with Gasteiger partial charge in [0.1, 0.15) is 5.75 Å². The fourth-order valence-electron chi connectivity index (χ4n) is 3.16. The number of anilines is 2. The number of benzene rings is 2. The molecule has 26 heavy (non-hydrogen) atoms. The molecule has 2 amide bonds. The van der Waals surface area contributed by atoms with E-state index in [2.05, 4.69) is 10.2 Å². The van der Waals surface area contributed by atoms with Crippen LogP contribution in [0.1, 0.15) is 17.3 Å². The zero-order valence-electron chi connectivity index (χ0n) is 15.1. The highest BCUT2D eigenvalue weighted by molar-refractivity contribution is 5.97. The van der Waals surface area contributed by atoms with E-state index in [9.17, 15) is 9.59 Å². The van der Waals surface area contributed by atoms with Gasteiger partial charge in [0.15, 0.2) is 0 Å². The quantitative estimate of drug-likeness (QED) is 0.918. The van der Waals surface area contributed by atoms with Gasteiger partial charge in [0.05, 0.1) is 12.8 Å². The number of hydrogen-bond acceptors (Lipinski definition) is 4. The largest absolute Gasteiger partial charge is 0.495 e. The van der Waals surface area contributed by atoms with Crippen molar-refractivity contribution in [3.8, 4) is 5.75 Å². The predicted molar refractivity (Wildman–Crippen MR) is 102 cm³/mol. The monoisotopic (exact) mass is 353 g/mol. The lowest BCUT2D eigenvalue weighted by molar-refractivity contribution is -0.114. The third kappa shape index (κ3) is 3.96. The van der Waals surface area contributed by atoms with Crippen LogP contribution < -0.4 is 15.0 Å². The molecule has 0 bridgehead atoms. The molecule has 136 valence electrons. The first-order valence-electron chi connectivity index (χ1n) is 8.63. The first kappa shape index (κ1) is 17.8. The number of para-hydroxylation sites is 2. The van der Waals surface area contributed by atoms with Gasteiger partial charge in [-0.05, 0) is 30.3 Å². The Hall–Kier alpha value is -3.02. The lowest BCUT2D eigenvalue weighted by Crippen LogP contribution is -2.48. The molecule has 6 heteroatoms. The number of hydrogen-bond donors (Lipinski definition) is 1. The molecule has 0 atom stereocenters. The summed E-state index contributed by atoms with van der Waals surface area (Å²) in [5, 5.41) is 2.71. The summed E-state index contributed by atoms with van der Waals surface area (Å²) >= 11 is 0. The van der Waals surface area contributed by atoms with Crippen molar-refractivity contribution >= 4 is 23.2 Å². The van der Waals surface area contributed by atoms with Gasteiger partial charge in [-0.15, -0.1) is 0 Å². The summed E-state index contributed by atoms with van der Waals surface area (Å²) in [4.78, 5) is 28.0. The summed E-state index contributed by atoms with van der Waals surface area (Å²) in [7, 11) is 1.67. The minimum atomic E-state index is -0.153. The molecule has 3 rings (SSSR count). The van der Waals surface area contributed by atoms with Crippen LogP contribution in [-0.2, 0) is 4.79 Å². The number of carbonyl (C=O) groups excluding carboxylic acids is 2. The molecule has 0 unspecified atom stereocenters. The van der Waals surface area contributed by atoms with Gasteiger partial charge in [0.25, 0.3) is 5.91 Å². The van der Waals surface area contributed by atoms with Crippen LogP contribution in [0, 0.1) is 0 Å². The van der Waals surface area contributed by atoms with Gasteiger partial charge in [-0.3, -0.25) is 9.59 Å². The third-order valence-electron chi connectivity index (χ3n) is 4.42. The molecule has 2 aromatic carbocycles. The van der Waals surface area contributed by atoms with Crippen molar-refractivity contribution in [2.75, 3.05) is 43.5 Å². The van der Waals surface area contributed by atoms with Crippen molar-refractivity contribution < 1.29 is 14.3 Å².